The number of hydrogen-bond donors (Lipinski definition) is 2. The van der Waals surface area contributed by atoms with Crippen LogP contribution in [0.15, 0.2) is 77.0 Å². The number of nitrogens with two attached hydrogens (primary N) is 1. The van der Waals surface area contributed by atoms with Gasteiger partial charge in [0.25, 0.3) is 12.8 Å². The standard InChI is InChI=1S/C46H60FN11O8S2/c1-46(2,3)66-45(61)55(6)20-10-22-56(23-30-12-16-33(62-7)17-13-30)36-11-9-21-57(40(36)49-29-54(4)5)24-32-27-67-42-35(50-41(59)37(52-65-28-47)39-51-44(48)68-53-39)25-58(42)38(32)43(60)64-26-31-14-18-34(63-8)19-15-31/h9,11-19,21,29,32,35,38,42H,10,20,22-28H2,1-8H3,(H2-,48,50,51,53,59)/p+1/b52-37-/t32?,35-,38?,42-/m1/s1. The summed E-state index contributed by atoms with van der Waals surface area (Å²) in [6.07, 6.45) is 3.94. The van der Waals surface area contributed by atoms with Gasteiger partial charge in [-0.05, 0) is 79.7 Å². The van der Waals surface area contributed by atoms with E-state index in [1.165, 1.54) is 0 Å². The summed E-state index contributed by atoms with van der Waals surface area (Å²) in [5, 5.41) is 6.39. The van der Waals surface area contributed by atoms with E-state index in [1.54, 1.807) is 44.3 Å². The molecule has 2 aromatic carbocycles. The fourth-order valence-electron chi connectivity index (χ4n) is 7.64. The number of methoxy groups -OCH3 is 2. The van der Waals surface area contributed by atoms with E-state index in [-0.39, 0.29) is 34.6 Å². The van der Waals surface area contributed by atoms with Gasteiger partial charge in [0.2, 0.25) is 17.9 Å². The van der Waals surface area contributed by atoms with Gasteiger partial charge in [0, 0.05) is 70.5 Å². The lowest BCUT2D eigenvalue weighted by Gasteiger charge is -2.55. The molecule has 68 heavy (non-hydrogen) atoms. The molecule has 4 heterocycles. The minimum absolute atomic E-state index is 0.0421. The van der Waals surface area contributed by atoms with Gasteiger partial charge in [0.15, 0.2) is 5.13 Å². The van der Waals surface area contributed by atoms with Crippen molar-refractivity contribution in [2.24, 2.45) is 16.1 Å². The van der Waals surface area contributed by atoms with Crippen molar-refractivity contribution < 1.29 is 47.1 Å². The van der Waals surface area contributed by atoms with Gasteiger partial charge in [0.1, 0.15) is 35.4 Å². The number of nitrogen functional groups attached to an aromatic ring is 1. The van der Waals surface area contributed by atoms with Crippen LogP contribution in [0, 0.1) is 5.92 Å². The molecule has 0 bridgehead atoms. The first-order valence-electron chi connectivity index (χ1n) is 22.0. The molecule has 2 aliphatic heterocycles. The number of amides is 2. The number of fused-ring (bicyclic) bond motifs is 1. The largest absolute Gasteiger partial charge is 0.497 e. The number of benzene rings is 2. The van der Waals surface area contributed by atoms with E-state index in [4.69, 9.17) is 29.7 Å². The van der Waals surface area contributed by atoms with Crippen molar-refractivity contribution in [1.82, 2.24) is 29.4 Å². The average molecular weight is 979 g/mol. The summed E-state index contributed by atoms with van der Waals surface area (Å²) in [5.41, 5.74) is 7.50. The molecule has 6 rings (SSSR count). The zero-order valence-corrected chi connectivity index (χ0v) is 41.3. The maximum atomic E-state index is 14.5. The van der Waals surface area contributed by atoms with Crippen molar-refractivity contribution in [3.8, 4) is 11.5 Å². The van der Waals surface area contributed by atoms with E-state index in [2.05, 4.69) is 34.1 Å². The highest BCUT2D eigenvalue weighted by Gasteiger charge is 2.53. The van der Waals surface area contributed by atoms with Gasteiger partial charge in [-0.1, -0.05) is 29.4 Å². The van der Waals surface area contributed by atoms with Crippen LogP contribution in [0.5, 0.6) is 11.5 Å². The molecule has 0 radical (unpaired) electrons. The van der Waals surface area contributed by atoms with Crippen molar-refractivity contribution >= 4 is 70.0 Å². The fraction of sp³-hybridized carbons (Fsp3) is 0.478. The van der Waals surface area contributed by atoms with Crippen LogP contribution >= 0.6 is 23.3 Å². The number of esters is 1. The number of alkyl halides is 1. The molecule has 366 valence electrons. The number of pyridine rings is 1. The molecule has 2 saturated heterocycles. The second-order valence-electron chi connectivity index (χ2n) is 17.4. The number of aliphatic imine (C=N–C) groups is 1. The van der Waals surface area contributed by atoms with E-state index in [1.807, 2.05) is 112 Å². The highest BCUT2D eigenvalue weighted by Crippen LogP contribution is 2.41. The zero-order valence-electron chi connectivity index (χ0n) is 39.7. The van der Waals surface area contributed by atoms with Gasteiger partial charge in [0.05, 0.1) is 38.4 Å². The van der Waals surface area contributed by atoms with Gasteiger partial charge in [-0.3, -0.25) is 14.5 Å². The molecule has 4 atom stereocenters. The third kappa shape index (κ3) is 13.7. The number of aromatic nitrogens is 3. The molecular formula is C46H61FN11O8S2+. The average Bonchev–Trinajstić information content (AvgIpc) is 3.74. The molecule has 0 spiro atoms. The van der Waals surface area contributed by atoms with Crippen LogP contribution in [0.1, 0.15) is 44.1 Å². The molecule has 2 fully saturated rings. The summed E-state index contributed by atoms with van der Waals surface area (Å²) >= 11 is 2.47. The van der Waals surface area contributed by atoms with Gasteiger partial charge in [-0.15, -0.1) is 11.8 Å². The van der Waals surface area contributed by atoms with Crippen LogP contribution in [0.2, 0.25) is 0 Å². The van der Waals surface area contributed by atoms with Crippen molar-refractivity contribution in [2.75, 3.05) is 78.2 Å². The monoisotopic (exact) mass is 978 g/mol. The number of carbonyl (C=O) groups excluding carboxylic acids is 3. The van der Waals surface area contributed by atoms with Crippen LogP contribution in [-0.2, 0) is 43.6 Å². The maximum Gasteiger partial charge on any atom is 0.410 e. The van der Waals surface area contributed by atoms with Crippen LogP contribution < -0.4 is 30.0 Å². The highest BCUT2D eigenvalue weighted by atomic mass is 32.2. The van der Waals surface area contributed by atoms with E-state index < -0.39 is 42.5 Å². The van der Waals surface area contributed by atoms with Crippen molar-refractivity contribution in [3.05, 3.63) is 83.8 Å². The summed E-state index contributed by atoms with van der Waals surface area (Å²) in [4.78, 5) is 62.3. The zero-order chi connectivity index (χ0) is 49.0. The molecule has 0 saturated carbocycles. The molecule has 2 aromatic heterocycles. The Kier molecular flexibility index (Phi) is 17.8. The third-order valence-corrected chi connectivity index (χ3v) is 13.0. The second kappa shape index (κ2) is 23.6. The number of rotatable bonds is 21. The van der Waals surface area contributed by atoms with Crippen LogP contribution in [-0.4, -0.2) is 145 Å². The Balaban J connectivity index is 1.29. The number of ether oxygens (including phenoxy) is 4. The second-order valence-corrected chi connectivity index (χ2v) is 19.3. The molecular weight excluding hydrogens is 918 g/mol. The number of nitrogens with zero attached hydrogens (tertiary/aromatic N) is 9. The van der Waals surface area contributed by atoms with E-state index >= 15 is 0 Å². The molecule has 2 unspecified atom stereocenters. The molecule has 19 nitrogen and oxygen atoms in total. The molecule has 22 heteroatoms. The van der Waals surface area contributed by atoms with Gasteiger partial charge >= 0.3 is 17.9 Å². The van der Waals surface area contributed by atoms with Gasteiger partial charge in [-0.2, -0.15) is 9.36 Å². The number of anilines is 2. The Morgan fingerprint density at radius 2 is 1.71 bits per heavy atom. The quantitative estimate of drug-likeness (QED) is 0.0377. The van der Waals surface area contributed by atoms with E-state index in [0.717, 1.165) is 34.1 Å². The Morgan fingerprint density at radius 1 is 1.01 bits per heavy atom. The van der Waals surface area contributed by atoms with Crippen molar-refractivity contribution in [3.63, 3.8) is 0 Å². The molecule has 2 amide bonds. The highest BCUT2D eigenvalue weighted by molar-refractivity contribution is 8.00. The number of carbonyl (C=O) groups is 3. The van der Waals surface area contributed by atoms with Crippen molar-refractivity contribution in [1.29, 1.82) is 0 Å². The first-order valence-corrected chi connectivity index (χ1v) is 23.8. The van der Waals surface area contributed by atoms with Gasteiger partial charge < -0.3 is 49.5 Å². The van der Waals surface area contributed by atoms with E-state index in [9.17, 15) is 18.8 Å². The summed E-state index contributed by atoms with van der Waals surface area (Å²) in [7, 11) is 8.75. The first-order chi connectivity index (χ1) is 32.6. The van der Waals surface area contributed by atoms with Crippen LogP contribution in [0.25, 0.3) is 0 Å². The lowest BCUT2D eigenvalue weighted by Crippen LogP contribution is -2.73. The Bertz CT molecular complexity index is 2380. The fourth-order valence-corrected chi connectivity index (χ4v) is 9.60. The van der Waals surface area contributed by atoms with Crippen LogP contribution in [0.4, 0.5) is 25.8 Å². The molecule has 4 aromatic rings. The SMILES string of the molecule is COc1ccc(COC(=O)C2C(C[n+]3cccc(N(CCCN(C)C(=O)OC(C)(C)C)Cc4ccc(OC)cc4)c3N=CN(C)C)CS[C@@H]3[C@H](NC(=O)/C(=N\OCF)c4nsc(N)n4)CN23)cc1. The lowest BCUT2D eigenvalue weighted by atomic mass is 9.93. The third-order valence-electron chi connectivity index (χ3n) is 10.9. The number of thioether (sulfide) groups is 1. The lowest BCUT2D eigenvalue weighted by molar-refractivity contribution is -0.690. The summed E-state index contributed by atoms with van der Waals surface area (Å²) in [5.74, 6) is 1.16. The minimum Gasteiger partial charge on any atom is -0.497 e. The van der Waals surface area contributed by atoms with Crippen LogP contribution in [0.3, 0.4) is 0 Å². The number of hydrogen-bond acceptors (Lipinski definition) is 17. The topological polar surface area (TPSA) is 203 Å². The first kappa shape index (κ1) is 51.1. The summed E-state index contributed by atoms with van der Waals surface area (Å²) < 4.78 is 41.6. The molecule has 0 aliphatic carbocycles. The number of halogens is 1. The maximum absolute atomic E-state index is 14.5. The predicted octanol–water partition coefficient (Wildman–Crippen LogP) is 4.86. The molecule has 3 N–H and O–H groups in total. The summed E-state index contributed by atoms with van der Waals surface area (Å²) in [6.45, 7) is 6.53. The predicted molar refractivity (Wildman–Crippen MR) is 259 cm³/mol. The Hall–Kier alpha value is -6.26. The Labute approximate surface area is 404 Å². The summed E-state index contributed by atoms with van der Waals surface area (Å²) in [6, 6.07) is 18.1. The van der Waals surface area contributed by atoms with E-state index in [0.29, 0.717) is 56.5 Å². The number of oxime groups is 1. The smallest absolute Gasteiger partial charge is 0.410 e. The van der Waals surface area contributed by atoms with Crippen molar-refractivity contribution in [2.45, 2.75) is 69.9 Å². The van der Waals surface area contributed by atoms with Gasteiger partial charge in [-0.25, -0.2) is 13.8 Å². The minimum atomic E-state index is -1.26. The Morgan fingerprint density at radius 3 is 2.32 bits per heavy atom. The molecule has 2 aliphatic rings. The normalized spacial score (nSPS) is 18.2. The number of nitrogens with one attached hydrogen (secondary N) is 1.